The lowest BCUT2D eigenvalue weighted by atomic mass is 9.83. The number of nitro benzene ring substituents is 1. The fourth-order valence-electron chi connectivity index (χ4n) is 4.27. The van der Waals surface area contributed by atoms with Crippen molar-refractivity contribution in [2.45, 2.75) is 13.0 Å². The average molecular weight is 384 g/mol. The average Bonchev–Trinajstić information content (AvgIpc) is 3.14. The van der Waals surface area contributed by atoms with E-state index >= 15 is 0 Å². The molecule has 0 amide bonds. The molecule has 5 rings (SSSR count). The molecule has 0 bridgehead atoms. The van der Waals surface area contributed by atoms with E-state index < -0.39 is 0 Å². The van der Waals surface area contributed by atoms with Crippen LogP contribution in [0.5, 0.6) is 0 Å². The maximum Gasteiger partial charge on any atom is 0.293 e. The molecule has 0 aliphatic carbocycles. The minimum Gasteiger partial charge on any atom is -0.378 e. The standard InChI is InChI=1S/C23H20N4O2/c1-15-10-12-16(13-11-15)23-19-14-24-22-18(8-5-9-20(22)27(28)29)21(19)25-26(23)17-6-3-2-4-7-17/h2-13,19,23-24H,14H2,1H3. The quantitative estimate of drug-likeness (QED) is 0.514. The molecule has 6 nitrogen and oxygen atoms in total. The monoisotopic (exact) mass is 384 g/mol. The van der Waals surface area contributed by atoms with Crippen LogP contribution in [0.4, 0.5) is 17.1 Å². The van der Waals surface area contributed by atoms with E-state index in [4.69, 9.17) is 5.10 Å². The molecule has 2 aliphatic rings. The predicted octanol–water partition coefficient (Wildman–Crippen LogP) is 4.91. The molecule has 29 heavy (non-hydrogen) atoms. The molecule has 3 aromatic carbocycles. The first-order chi connectivity index (χ1) is 14.1. The van der Waals surface area contributed by atoms with Crippen molar-refractivity contribution in [2.75, 3.05) is 16.9 Å². The van der Waals surface area contributed by atoms with Gasteiger partial charge in [-0.15, -0.1) is 0 Å². The Labute approximate surface area is 168 Å². The van der Waals surface area contributed by atoms with Gasteiger partial charge < -0.3 is 5.32 Å². The van der Waals surface area contributed by atoms with Crippen molar-refractivity contribution in [1.82, 2.24) is 0 Å². The van der Waals surface area contributed by atoms with E-state index in [9.17, 15) is 10.1 Å². The van der Waals surface area contributed by atoms with Crippen LogP contribution in [0.1, 0.15) is 22.7 Å². The van der Waals surface area contributed by atoms with Crippen molar-refractivity contribution in [3.8, 4) is 0 Å². The van der Waals surface area contributed by atoms with Crippen LogP contribution in [-0.2, 0) is 0 Å². The van der Waals surface area contributed by atoms with E-state index in [2.05, 4.69) is 41.5 Å². The number of para-hydroxylation sites is 2. The van der Waals surface area contributed by atoms with Gasteiger partial charge in [0.2, 0.25) is 0 Å². The number of nitro groups is 1. The number of fused-ring (bicyclic) bond motifs is 3. The van der Waals surface area contributed by atoms with Crippen molar-refractivity contribution in [2.24, 2.45) is 11.0 Å². The molecule has 0 fully saturated rings. The van der Waals surface area contributed by atoms with E-state index in [1.165, 1.54) is 17.2 Å². The highest BCUT2D eigenvalue weighted by Gasteiger charge is 2.43. The highest BCUT2D eigenvalue weighted by atomic mass is 16.6. The second-order valence-electron chi connectivity index (χ2n) is 7.47. The van der Waals surface area contributed by atoms with Crippen LogP contribution in [0.25, 0.3) is 0 Å². The molecule has 1 N–H and O–H groups in total. The third-order valence-corrected chi connectivity index (χ3v) is 5.66. The van der Waals surface area contributed by atoms with Gasteiger partial charge in [0.25, 0.3) is 5.69 Å². The smallest absolute Gasteiger partial charge is 0.293 e. The maximum atomic E-state index is 11.5. The van der Waals surface area contributed by atoms with Crippen molar-refractivity contribution in [1.29, 1.82) is 0 Å². The Balaban J connectivity index is 1.66. The van der Waals surface area contributed by atoms with Gasteiger partial charge in [0, 0.05) is 24.1 Å². The van der Waals surface area contributed by atoms with Gasteiger partial charge in [0.05, 0.1) is 22.4 Å². The summed E-state index contributed by atoms with van der Waals surface area (Å²) in [6.07, 6.45) is 0. The molecule has 2 atom stereocenters. The minimum atomic E-state index is -0.339. The number of aryl methyl sites for hydroxylation is 1. The third kappa shape index (κ3) is 2.84. The summed E-state index contributed by atoms with van der Waals surface area (Å²) in [6.45, 7) is 2.67. The highest BCUT2D eigenvalue weighted by molar-refractivity contribution is 6.12. The molecule has 0 spiro atoms. The lowest BCUT2D eigenvalue weighted by molar-refractivity contribution is -0.384. The van der Waals surface area contributed by atoms with Crippen molar-refractivity contribution < 1.29 is 4.92 Å². The summed E-state index contributed by atoms with van der Waals surface area (Å²) >= 11 is 0. The Morgan fingerprint density at radius 2 is 1.79 bits per heavy atom. The van der Waals surface area contributed by atoms with Crippen molar-refractivity contribution in [3.63, 3.8) is 0 Å². The van der Waals surface area contributed by atoms with Gasteiger partial charge in [-0.2, -0.15) is 5.10 Å². The van der Waals surface area contributed by atoms with Crippen LogP contribution in [-0.4, -0.2) is 17.2 Å². The Bertz CT molecular complexity index is 1110. The third-order valence-electron chi connectivity index (χ3n) is 5.66. The van der Waals surface area contributed by atoms with Gasteiger partial charge >= 0.3 is 0 Å². The van der Waals surface area contributed by atoms with Crippen LogP contribution < -0.4 is 10.3 Å². The van der Waals surface area contributed by atoms with E-state index in [0.717, 1.165) is 17.0 Å². The summed E-state index contributed by atoms with van der Waals surface area (Å²) in [5.41, 5.74) is 5.76. The molecule has 2 heterocycles. The van der Waals surface area contributed by atoms with Gasteiger partial charge in [-0.25, -0.2) is 0 Å². The molecule has 0 saturated heterocycles. The lowest BCUT2D eigenvalue weighted by Gasteiger charge is -2.31. The normalized spacial score (nSPS) is 19.8. The Hall–Kier alpha value is -3.67. The number of anilines is 2. The zero-order chi connectivity index (χ0) is 20.0. The fraction of sp³-hybridized carbons (Fsp3) is 0.174. The summed E-state index contributed by atoms with van der Waals surface area (Å²) in [4.78, 5) is 11.1. The van der Waals surface area contributed by atoms with Crippen molar-refractivity contribution in [3.05, 3.63) is 99.6 Å². The van der Waals surface area contributed by atoms with Crippen LogP contribution in [0.3, 0.4) is 0 Å². The maximum absolute atomic E-state index is 11.5. The van der Waals surface area contributed by atoms with Gasteiger partial charge in [-0.05, 0) is 24.6 Å². The Kier molecular flexibility index (Phi) is 4.05. The second-order valence-corrected chi connectivity index (χ2v) is 7.47. The Morgan fingerprint density at radius 1 is 1.03 bits per heavy atom. The van der Waals surface area contributed by atoms with Crippen LogP contribution in [0, 0.1) is 23.0 Å². The van der Waals surface area contributed by atoms with E-state index in [1.54, 1.807) is 6.07 Å². The molecule has 3 aromatic rings. The first kappa shape index (κ1) is 17.4. The molecule has 2 aliphatic heterocycles. The van der Waals surface area contributed by atoms with Gasteiger partial charge in [0.15, 0.2) is 0 Å². The van der Waals surface area contributed by atoms with Crippen LogP contribution in [0.2, 0.25) is 0 Å². The molecular weight excluding hydrogens is 364 g/mol. The van der Waals surface area contributed by atoms with E-state index in [-0.39, 0.29) is 22.6 Å². The van der Waals surface area contributed by atoms with Gasteiger partial charge in [0.1, 0.15) is 5.69 Å². The molecule has 0 aromatic heterocycles. The zero-order valence-electron chi connectivity index (χ0n) is 15.9. The van der Waals surface area contributed by atoms with E-state index in [0.29, 0.717) is 12.2 Å². The summed E-state index contributed by atoms with van der Waals surface area (Å²) in [7, 11) is 0. The first-order valence-electron chi connectivity index (χ1n) is 9.64. The molecule has 2 unspecified atom stereocenters. The topological polar surface area (TPSA) is 70.8 Å². The number of hydrazone groups is 1. The summed E-state index contributed by atoms with van der Waals surface area (Å²) in [6, 6.07) is 23.8. The summed E-state index contributed by atoms with van der Waals surface area (Å²) in [5, 5.41) is 21.8. The van der Waals surface area contributed by atoms with Crippen LogP contribution in [0.15, 0.2) is 77.9 Å². The summed E-state index contributed by atoms with van der Waals surface area (Å²) in [5.74, 6) is 0.0902. The number of hydrogen-bond donors (Lipinski definition) is 1. The van der Waals surface area contributed by atoms with Gasteiger partial charge in [-0.1, -0.05) is 60.2 Å². The zero-order valence-corrected chi connectivity index (χ0v) is 15.9. The highest BCUT2D eigenvalue weighted by Crippen LogP contribution is 2.45. The number of nitrogens with one attached hydrogen (secondary N) is 1. The molecule has 144 valence electrons. The Morgan fingerprint density at radius 3 is 2.52 bits per heavy atom. The number of rotatable bonds is 3. The summed E-state index contributed by atoms with van der Waals surface area (Å²) < 4.78 is 0. The number of nitrogens with zero attached hydrogens (tertiary/aromatic N) is 3. The van der Waals surface area contributed by atoms with Crippen LogP contribution >= 0.6 is 0 Å². The molecule has 0 saturated carbocycles. The fourth-order valence-corrected chi connectivity index (χ4v) is 4.27. The minimum absolute atomic E-state index is 0.0212. The first-order valence-corrected chi connectivity index (χ1v) is 9.64. The lowest BCUT2D eigenvalue weighted by Crippen LogP contribution is -2.34. The molecule has 6 heteroatoms. The second kappa shape index (κ2) is 6.74. The van der Waals surface area contributed by atoms with E-state index in [1.807, 2.05) is 36.4 Å². The van der Waals surface area contributed by atoms with Crippen molar-refractivity contribution >= 4 is 22.8 Å². The number of benzene rings is 3. The van der Waals surface area contributed by atoms with Gasteiger partial charge in [-0.3, -0.25) is 15.1 Å². The number of hydrogen-bond acceptors (Lipinski definition) is 5. The SMILES string of the molecule is Cc1ccc(C2C3CNc4c(cccc4[N+](=O)[O-])C3=NN2c2ccccc2)cc1. The largest absolute Gasteiger partial charge is 0.378 e. The molecule has 0 radical (unpaired) electrons. The predicted molar refractivity (Wildman–Crippen MR) is 114 cm³/mol. The molecular formula is C23H20N4O2.